The lowest BCUT2D eigenvalue weighted by Gasteiger charge is -2.42. The molecule has 1 unspecified atom stereocenters. The molecule has 1 aliphatic carbocycles. The second-order valence-electron chi connectivity index (χ2n) is 18.6. The van der Waals surface area contributed by atoms with Crippen molar-refractivity contribution >= 4 is 46.1 Å². The summed E-state index contributed by atoms with van der Waals surface area (Å²) in [5.41, 5.74) is 14.6. The van der Waals surface area contributed by atoms with Crippen molar-refractivity contribution in [1.82, 2.24) is 34.9 Å². The van der Waals surface area contributed by atoms with Gasteiger partial charge in [-0.3, -0.25) is 19.8 Å². The lowest BCUT2D eigenvalue weighted by molar-refractivity contribution is -0.120. The number of likely N-dealkylation sites (tertiary alicyclic amines) is 2. The summed E-state index contributed by atoms with van der Waals surface area (Å²) in [6.45, 7) is 10.1. The monoisotopic (exact) mass is 850 g/mol. The Balaban J connectivity index is 0.738. The van der Waals surface area contributed by atoms with Crippen LogP contribution in [0.3, 0.4) is 0 Å². The fourth-order valence-corrected chi connectivity index (χ4v) is 10.9. The number of para-hydroxylation sites is 1. The number of carbonyl (C=O) groups is 3. The summed E-state index contributed by atoms with van der Waals surface area (Å²) in [6.07, 6.45) is 12.9. The second-order valence-corrected chi connectivity index (χ2v) is 18.6. The van der Waals surface area contributed by atoms with Crippen LogP contribution in [0.5, 0.6) is 5.75 Å². The van der Waals surface area contributed by atoms with E-state index in [-0.39, 0.29) is 29.5 Å². The number of nitrogens with zero attached hydrogens (tertiary/aromatic N) is 8. The van der Waals surface area contributed by atoms with E-state index in [4.69, 9.17) is 10.7 Å². The van der Waals surface area contributed by atoms with Crippen molar-refractivity contribution < 1.29 is 19.5 Å². The molecule has 2 atom stereocenters. The van der Waals surface area contributed by atoms with E-state index in [2.05, 4.69) is 73.0 Å². The maximum Gasteiger partial charge on any atom is 0.328 e. The van der Waals surface area contributed by atoms with Crippen LogP contribution in [-0.2, 0) is 4.79 Å². The van der Waals surface area contributed by atoms with Gasteiger partial charge in [0.2, 0.25) is 5.91 Å². The third-order valence-electron chi connectivity index (χ3n) is 14.7. The van der Waals surface area contributed by atoms with Gasteiger partial charge in [0.1, 0.15) is 11.4 Å². The van der Waals surface area contributed by atoms with E-state index >= 15 is 0 Å². The first-order valence-corrected chi connectivity index (χ1v) is 23.0. The van der Waals surface area contributed by atoms with Crippen LogP contribution < -0.4 is 20.9 Å². The van der Waals surface area contributed by atoms with Crippen LogP contribution in [0.4, 0.5) is 22.0 Å². The van der Waals surface area contributed by atoms with Crippen molar-refractivity contribution in [1.29, 1.82) is 0 Å². The molecule has 0 spiro atoms. The molecule has 5 fully saturated rings. The fraction of sp³-hybridized carbons (Fsp3) is 0.469. The first kappa shape index (κ1) is 41.0. The Morgan fingerprint density at radius 2 is 1.67 bits per heavy atom. The molecule has 2 aromatic carbocycles. The number of piperidine rings is 3. The van der Waals surface area contributed by atoms with Crippen LogP contribution >= 0.6 is 0 Å². The van der Waals surface area contributed by atoms with Crippen LogP contribution in [0.25, 0.3) is 22.3 Å². The molecule has 0 bridgehead atoms. The van der Waals surface area contributed by atoms with Gasteiger partial charge in [-0.05, 0) is 130 Å². The number of urea groups is 1. The molecule has 4 saturated heterocycles. The summed E-state index contributed by atoms with van der Waals surface area (Å²) in [7, 11) is 0. The zero-order valence-electron chi connectivity index (χ0n) is 36.4. The number of phenolic OH excluding ortho intramolecular Hbond substituents is 1. The van der Waals surface area contributed by atoms with Gasteiger partial charge in [0.25, 0.3) is 5.91 Å². The summed E-state index contributed by atoms with van der Waals surface area (Å²) < 4.78 is 2.41. The van der Waals surface area contributed by atoms with Gasteiger partial charge >= 0.3 is 6.03 Å². The van der Waals surface area contributed by atoms with Gasteiger partial charge in [-0.25, -0.2) is 9.78 Å². The highest BCUT2D eigenvalue weighted by atomic mass is 16.3. The number of amides is 4. The molecule has 14 nitrogen and oxygen atoms in total. The lowest BCUT2D eigenvalue weighted by atomic mass is 9.86. The number of aromatic nitrogens is 4. The molecule has 0 radical (unpaired) electrons. The maximum absolute atomic E-state index is 13.9. The summed E-state index contributed by atoms with van der Waals surface area (Å²) in [6, 6.07) is 17.9. The average molecular weight is 851 g/mol. The first-order chi connectivity index (χ1) is 30.6. The Bertz CT molecular complexity index is 2550. The smallest absolute Gasteiger partial charge is 0.328 e. The molecule has 5 aromatic rings. The highest BCUT2D eigenvalue weighted by molar-refractivity contribution is 6.06. The largest absolute Gasteiger partial charge is 0.507 e. The number of hydrogen-bond acceptors (Lipinski definition) is 10. The van der Waals surface area contributed by atoms with Crippen molar-refractivity contribution in [2.24, 2.45) is 5.92 Å². The minimum Gasteiger partial charge on any atom is -0.507 e. The van der Waals surface area contributed by atoms with Crippen LogP contribution in [-0.4, -0.2) is 104 Å². The summed E-state index contributed by atoms with van der Waals surface area (Å²) in [5.74, 6) is 1.79. The number of aryl methyl sites for hydroxylation is 1. The Hall–Kier alpha value is -6.02. The van der Waals surface area contributed by atoms with Crippen LogP contribution in [0.2, 0.25) is 0 Å². The quantitative estimate of drug-likeness (QED) is 0.136. The molecule has 10 rings (SSSR count). The summed E-state index contributed by atoms with van der Waals surface area (Å²) >= 11 is 0. The average Bonchev–Trinajstić information content (AvgIpc) is 4.08. The number of nitrogens with one attached hydrogen (secondary N) is 1. The number of anilines is 3. The van der Waals surface area contributed by atoms with Crippen molar-refractivity contribution in [3.63, 3.8) is 0 Å². The Kier molecular flexibility index (Phi) is 11.0. The van der Waals surface area contributed by atoms with E-state index in [0.717, 1.165) is 111 Å². The van der Waals surface area contributed by atoms with E-state index in [1.54, 1.807) is 23.2 Å². The van der Waals surface area contributed by atoms with E-state index in [0.29, 0.717) is 54.0 Å². The van der Waals surface area contributed by atoms with Crippen molar-refractivity contribution in [2.45, 2.75) is 95.6 Å². The zero-order chi connectivity index (χ0) is 43.4. The SMILES string of the molecule is Cc1cc(C(=O)N2CCC(C(C)N3CCC(n4cc(C5CC5)c5cc(N6CCC(=O)NC6=O)cnc54)CC3)CC2)ccc1[C@H]1CCCN(c2cc(-c3ccccc3O)nnc2N)C1. The van der Waals surface area contributed by atoms with Gasteiger partial charge in [0.05, 0.1) is 23.3 Å². The maximum atomic E-state index is 13.9. The van der Waals surface area contributed by atoms with Crippen LogP contribution in [0.1, 0.15) is 110 Å². The normalized spacial score (nSPS) is 21.2. The Labute approximate surface area is 368 Å². The zero-order valence-corrected chi connectivity index (χ0v) is 36.4. The molecular weight excluding hydrogens is 793 g/mol. The Morgan fingerprint density at radius 3 is 2.41 bits per heavy atom. The molecule has 5 aliphatic rings. The number of phenols is 1. The number of pyridine rings is 1. The molecule has 1 saturated carbocycles. The number of benzene rings is 2. The second kappa shape index (κ2) is 16.9. The van der Waals surface area contributed by atoms with Crippen LogP contribution in [0, 0.1) is 12.8 Å². The van der Waals surface area contributed by atoms with Gasteiger partial charge in [-0.15, -0.1) is 10.2 Å². The number of fused-ring (bicyclic) bond motifs is 1. The van der Waals surface area contributed by atoms with Crippen molar-refractivity contribution in [2.75, 3.05) is 61.3 Å². The predicted molar refractivity (Wildman–Crippen MR) is 244 cm³/mol. The number of imide groups is 1. The van der Waals surface area contributed by atoms with Crippen molar-refractivity contribution in [3.8, 4) is 17.0 Å². The van der Waals surface area contributed by atoms with Gasteiger partial charge < -0.3 is 30.1 Å². The number of aromatic hydroxyl groups is 1. The lowest BCUT2D eigenvalue weighted by Crippen LogP contribution is -2.49. The van der Waals surface area contributed by atoms with E-state index in [9.17, 15) is 19.5 Å². The van der Waals surface area contributed by atoms with Crippen molar-refractivity contribution in [3.05, 3.63) is 89.2 Å². The minimum absolute atomic E-state index is 0.119. The molecule has 328 valence electrons. The van der Waals surface area contributed by atoms with Gasteiger partial charge in [-0.2, -0.15) is 0 Å². The minimum atomic E-state index is -0.377. The number of hydrogen-bond donors (Lipinski definition) is 3. The van der Waals surface area contributed by atoms with Gasteiger partial charge in [0.15, 0.2) is 5.82 Å². The standard InChI is InChI=1S/C49H58N10O4/c1-30-24-34(11-12-38(30)35-6-5-18-57(28-35)43-26-42(53-54-46(43)50)39-7-3-4-8-44(39)60)48(62)56-19-13-32(14-20-56)31(2)55-21-15-36(16-22-55)59-29-41(33-9-10-33)40-25-37(27-51-47(40)59)58-23-17-45(61)52-49(58)63/h3-4,7-8,11-12,24-27,29,31-33,35-36,60H,5-6,9-10,13-23,28H2,1-2H3,(H2,50,54)(H,52,61,63)/t31?,35-/m0/s1. The first-order valence-electron chi connectivity index (χ1n) is 23.0. The topological polar surface area (TPSA) is 166 Å². The highest BCUT2D eigenvalue weighted by Crippen LogP contribution is 2.46. The predicted octanol–water partition coefficient (Wildman–Crippen LogP) is 7.38. The van der Waals surface area contributed by atoms with E-state index in [1.807, 2.05) is 24.3 Å². The number of carbonyl (C=O) groups excluding carboxylic acids is 3. The fourth-order valence-electron chi connectivity index (χ4n) is 10.9. The van der Waals surface area contributed by atoms with E-state index in [1.165, 1.54) is 24.0 Å². The number of nitrogen functional groups attached to an aromatic ring is 1. The highest BCUT2D eigenvalue weighted by Gasteiger charge is 2.35. The third-order valence-corrected chi connectivity index (χ3v) is 14.7. The van der Waals surface area contributed by atoms with Gasteiger partial charge in [0, 0.05) is 92.9 Å². The molecule has 4 aliphatic heterocycles. The molecule has 14 heteroatoms. The molecular formula is C49H58N10O4. The molecule has 7 heterocycles. The Morgan fingerprint density at radius 1 is 0.873 bits per heavy atom. The van der Waals surface area contributed by atoms with Gasteiger partial charge in [-0.1, -0.05) is 18.2 Å². The number of rotatable bonds is 9. The molecule has 63 heavy (non-hydrogen) atoms. The van der Waals surface area contributed by atoms with Crippen LogP contribution in [0.15, 0.2) is 67.0 Å². The summed E-state index contributed by atoms with van der Waals surface area (Å²) in [4.78, 5) is 51.9. The molecule has 3 aromatic heterocycles. The van der Waals surface area contributed by atoms with E-state index < -0.39 is 0 Å². The molecule has 4 N–H and O–H groups in total. The molecule has 4 amide bonds. The summed E-state index contributed by atoms with van der Waals surface area (Å²) in [5, 5.41) is 22.5. The number of nitrogens with two attached hydrogens (primary N) is 1. The third kappa shape index (κ3) is 8.09.